The van der Waals surface area contributed by atoms with Crippen molar-refractivity contribution < 1.29 is 4.74 Å². The van der Waals surface area contributed by atoms with Gasteiger partial charge in [0.1, 0.15) is 0 Å². The van der Waals surface area contributed by atoms with Gasteiger partial charge in [-0.2, -0.15) is 0 Å². The summed E-state index contributed by atoms with van der Waals surface area (Å²) >= 11 is 2.28. The Morgan fingerprint density at radius 3 is 2.40 bits per heavy atom. The molecule has 0 aliphatic carbocycles. The van der Waals surface area contributed by atoms with Crippen molar-refractivity contribution in [2.45, 2.75) is 26.0 Å². The average Bonchev–Trinajstić information content (AvgIpc) is 2.21. The van der Waals surface area contributed by atoms with Crippen molar-refractivity contribution in [1.82, 2.24) is 5.43 Å². The largest absolute Gasteiger partial charge is 0.377 e. The van der Waals surface area contributed by atoms with E-state index in [1.807, 2.05) is 13.8 Å². The Morgan fingerprint density at radius 1 is 1.33 bits per heavy atom. The Kier molecular flexibility index (Phi) is 5.52. The van der Waals surface area contributed by atoms with Crippen molar-refractivity contribution in [3.63, 3.8) is 0 Å². The van der Waals surface area contributed by atoms with E-state index in [2.05, 4.69) is 52.3 Å². The molecule has 0 spiro atoms. The van der Waals surface area contributed by atoms with Crippen molar-refractivity contribution in [3.05, 3.63) is 33.4 Å². The maximum Gasteiger partial charge on any atom is 0.0694 e. The molecule has 84 valence electrons. The Hall–Kier alpha value is -0.170. The Balaban J connectivity index is 2.61. The summed E-state index contributed by atoms with van der Waals surface area (Å²) in [5.41, 5.74) is 3.92. The molecule has 1 atom stereocenters. The predicted molar refractivity (Wildman–Crippen MR) is 70.3 cm³/mol. The van der Waals surface area contributed by atoms with Gasteiger partial charge in [-0.1, -0.05) is 12.1 Å². The second-order valence-corrected chi connectivity index (χ2v) is 4.90. The topological polar surface area (TPSA) is 47.3 Å². The lowest BCUT2D eigenvalue weighted by molar-refractivity contribution is 0.0611. The Morgan fingerprint density at radius 2 is 1.93 bits per heavy atom. The molecule has 0 aliphatic heterocycles. The summed E-state index contributed by atoms with van der Waals surface area (Å²) < 4.78 is 6.75. The third-order valence-electron chi connectivity index (χ3n) is 2.07. The lowest BCUT2D eigenvalue weighted by atomic mass is 10.1. The van der Waals surface area contributed by atoms with Gasteiger partial charge in [0.2, 0.25) is 0 Å². The van der Waals surface area contributed by atoms with Crippen LogP contribution in [0, 0.1) is 3.57 Å². The summed E-state index contributed by atoms with van der Waals surface area (Å²) in [5, 5.41) is 0. The molecular weight excluding hydrogens is 303 g/mol. The van der Waals surface area contributed by atoms with Gasteiger partial charge in [-0.3, -0.25) is 11.3 Å². The summed E-state index contributed by atoms with van der Waals surface area (Å²) in [5.74, 6) is 5.50. The fourth-order valence-electron chi connectivity index (χ4n) is 1.22. The van der Waals surface area contributed by atoms with Crippen LogP contribution in [0.2, 0.25) is 0 Å². The first-order chi connectivity index (χ1) is 7.13. The molecule has 1 aromatic carbocycles. The lowest BCUT2D eigenvalue weighted by Crippen LogP contribution is -2.32. The zero-order chi connectivity index (χ0) is 11.3. The van der Waals surface area contributed by atoms with Gasteiger partial charge < -0.3 is 4.74 Å². The van der Waals surface area contributed by atoms with Crippen LogP contribution in [0.25, 0.3) is 0 Å². The molecule has 1 aromatic rings. The van der Waals surface area contributed by atoms with E-state index in [9.17, 15) is 0 Å². The maximum atomic E-state index is 5.54. The minimum atomic E-state index is 0.0596. The third-order valence-corrected chi connectivity index (χ3v) is 2.79. The molecule has 0 fully saturated rings. The van der Waals surface area contributed by atoms with E-state index in [4.69, 9.17) is 10.6 Å². The van der Waals surface area contributed by atoms with Crippen molar-refractivity contribution in [3.8, 4) is 0 Å². The smallest absolute Gasteiger partial charge is 0.0694 e. The summed E-state index contributed by atoms with van der Waals surface area (Å²) in [6.45, 7) is 4.62. The predicted octanol–water partition coefficient (Wildman–Crippen LogP) is 2.22. The van der Waals surface area contributed by atoms with Gasteiger partial charge in [-0.05, 0) is 54.1 Å². The van der Waals surface area contributed by atoms with Gasteiger partial charge in [-0.25, -0.2) is 0 Å². The normalized spacial score (nSPS) is 13.1. The molecule has 1 rings (SSSR count). The van der Waals surface area contributed by atoms with Crippen molar-refractivity contribution in [2.75, 3.05) is 6.61 Å². The molecule has 3 N–H and O–H groups in total. The van der Waals surface area contributed by atoms with Crippen LogP contribution in [0.5, 0.6) is 0 Å². The number of halogens is 1. The fourth-order valence-corrected chi connectivity index (χ4v) is 1.58. The maximum absolute atomic E-state index is 5.54. The number of hydrogen-bond donors (Lipinski definition) is 2. The molecule has 0 saturated heterocycles. The van der Waals surface area contributed by atoms with Crippen LogP contribution < -0.4 is 11.3 Å². The standard InChI is InChI=1S/C11H17IN2O/c1-8(2)15-7-11(14-13)9-3-5-10(12)6-4-9/h3-6,8,11,14H,7,13H2,1-2H3. The van der Waals surface area contributed by atoms with Crippen LogP contribution in [0.4, 0.5) is 0 Å². The van der Waals surface area contributed by atoms with Gasteiger partial charge in [0, 0.05) is 3.57 Å². The average molecular weight is 320 g/mol. The first-order valence-corrected chi connectivity index (χ1v) is 6.04. The van der Waals surface area contributed by atoms with E-state index in [0.717, 1.165) is 5.56 Å². The van der Waals surface area contributed by atoms with Crippen molar-refractivity contribution >= 4 is 22.6 Å². The molecule has 0 saturated carbocycles. The van der Waals surface area contributed by atoms with E-state index >= 15 is 0 Å². The zero-order valence-electron chi connectivity index (χ0n) is 9.03. The molecule has 1 unspecified atom stereocenters. The van der Waals surface area contributed by atoms with Gasteiger partial charge in [0.25, 0.3) is 0 Å². The number of nitrogens with one attached hydrogen (secondary N) is 1. The first kappa shape index (κ1) is 12.9. The summed E-state index contributed by atoms with van der Waals surface area (Å²) in [7, 11) is 0. The summed E-state index contributed by atoms with van der Waals surface area (Å²) in [6, 6.07) is 8.32. The number of hydrogen-bond acceptors (Lipinski definition) is 3. The quantitative estimate of drug-likeness (QED) is 0.497. The van der Waals surface area contributed by atoms with Crippen molar-refractivity contribution in [1.29, 1.82) is 0 Å². The Bertz CT molecular complexity index is 287. The van der Waals surface area contributed by atoms with Crippen LogP contribution in [-0.4, -0.2) is 12.7 Å². The van der Waals surface area contributed by atoms with E-state index in [0.29, 0.717) is 6.61 Å². The minimum absolute atomic E-state index is 0.0596. The highest BCUT2D eigenvalue weighted by molar-refractivity contribution is 14.1. The van der Waals surface area contributed by atoms with E-state index < -0.39 is 0 Å². The van der Waals surface area contributed by atoms with Crippen LogP contribution in [0.3, 0.4) is 0 Å². The number of rotatable bonds is 5. The molecule has 0 amide bonds. The van der Waals surface area contributed by atoms with Gasteiger partial charge in [-0.15, -0.1) is 0 Å². The Labute approximate surface area is 104 Å². The molecule has 15 heavy (non-hydrogen) atoms. The van der Waals surface area contributed by atoms with Crippen LogP contribution in [0.15, 0.2) is 24.3 Å². The molecule has 0 bridgehead atoms. The van der Waals surface area contributed by atoms with Gasteiger partial charge in [0.05, 0.1) is 18.8 Å². The number of hydrazine groups is 1. The van der Waals surface area contributed by atoms with E-state index in [1.165, 1.54) is 3.57 Å². The van der Waals surface area contributed by atoms with Crippen LogP contribution in [-0.2, 0) is 4.74 Å². The highest BCUT2D eigenvalue weighted by atomic mass is 127. The minimum Gasteiger partial charge on any atom is -0.377 e. The number of benzene rings is 1. The van der Waals surface area contributed by atoms with Crippen LogP contribution in [0.1, 0.15) is 25.5 Å². The van der Waals surface area contributed by atoms with E-state index in [1.54, 1.807) is 0 Å². The molecular formula is C11H17IN2O. The molecule has 0 aromatic heterocycles. The first-order valence-electron chi connectivity index (χ1n) is 4.96. The third kappa shape index (κ3) is 4.46. The SMILES string of the molecule is CC(C)OCC(NN)c1ccc(I)cc1. The molecule has 0 heterocycles. The lowest BCUT2D eigenvalue weighted by Gasteiger charge is -2.18. The summed E-state index contributed by atoms with van der Waals surface area (Å²) in [6.07, 6.45) is 0.227. The van der Waals surface area contributed by atoms with Crippen LogP contribution >= 0.6 is 22.6 Å². The second-order valence-electron chi connectivity index (χ2n) is 3.65. The number of ether oxygens (including phenoxy) is 1. The molecule has 0 aliphatic rings. The van der Waals surface area contributed by atoms with E-state index in [-0.39, 0.29) is 12.1 Å². The fraction of sp³-hybridized carbons (Fsp3) is 0.455. The zero-order valence-corrected chi connectivity index (χ0v) is 11.2. The van der Waals surface area contributed by atoms with Gasteiger partial charge >= 0.3 is 0 Å². The highest BCUT2D eigenvalue weighted by Crippen LogP contribution is 2.15. The van der Waals surface area contributed by atoms with Gasteiger partial charge in [0.15, 0.2) is 0 Å². The second kappa shape index (κ2) is 6.42. The number of nitrogens with two attached hydrogens (primary N) is 1. The molecule has 0 radical (unpaired) electrons. The summed E-state index contributed by atoms with van der Waals surface area (Å²) in [4.78, 5) is 0. The van der Waals surface area contributed by atoms with Crippen molar-refractivity contribution in [2.24, 2.45) is 5.84 Å². The monoisotopic (exact) mass is 320 g/mol. The molecule has 3 nitrogen and oxygen atoms in total. The molecule has 4 heteroatoms. The highest BCUT2D eigenvalue weighted by Gasteiger charge is 2.10.